The molecule has 6 rings (SSSR count). The third kappa shape index (κ3) is 4.37. The van der Waals surface area contributed by atoms with Crippen LogP contribution < -0.4 is 4.74 Å². The zero-order valence-electron chi connectivity index (χ0n) is 23.8. The Bertz CT molecular complexity index is 1860. The van der Waals surface area contributed by atoms with Crippen LogP contribution in [0.4, 0.5) is 0 Å². The molecule has 4 aromatic heterocycles. The van der Waals surface area contributed by atoms with Gasteiger partial charge in [-0.2, -0.15) is 0 Å². The molecule has 0 bridgehead atoms. The molecule has 9 heteroatoms. The fourth-order valence-electron chi connectivity index (χ4n) is 5.04. The van der Waals surface area contributed by atoms with Crippen molar-refractivity contribution in [2.75, 3.05) is 7.11 Å². The van der Waals surface area contributed by atoms with E-state index < -0.39 is 0 Å². The van der Waals surface area contributed by atoms with Crippen molar-refractivity contribution in [1.29, 1.82) is 0 Å². The van der Waals surface area contributed by atoms with Crippen molar-refractivity contribution in [2.45, 2.75) is 52.4 Å². The summed E-state index contributed by atoms with van der Waals surface area (Å²) >= 11 is 0. The first kappa shape index (κ1) is 25.6. The fraction of sp³-hybridized carbons (Fsp3) is 0.290. The molecule has 202 valence electrons. The van der Waals surface area contributed by atoms with Crippen molar-refractivity contribution >= 4 is 21.8 Å². The van der Waals surface area contributed by atoms with Crippen LogP contribution in [0.15, 0.2) is 67.9 Å². The summed E-state index contributed by atoms with van der Waals surface area (Å²) in [6.45, 7) is 12.9. The molecular weight excluding hydrogens is 500 g/mol. The molecule has 0 unspecified atom stereocenters. The summed E-state index contributed by atoms with van der Waals surface area (Å²) in [6.07, 6.45) is 10.8. The molecule has 0 aliphatic carbocycles. The molecule has 0 saturated carbocycles. The molecule has 0 aliphatic rings. The van der Waals surface area contributed by atoms with E-state index in [4.69, 9.17) is 19.7 Å². The van der Waals surface area contributed by atoms with Crippen molar-refractivity contribution in [1.82, 2.24) is 39.0 Å². The van der Waals surface area contributed by atoms with Gasteiger partial charge in [0.05, 0.1) is 30.3 Å². The first-order valence-corrected chi connectivity index (χ1v) is 13.2. The lowest BCUT2D eigenvalue weighted by Crippen LogP contribution is -2.16. The highest BCUT2D eigenvalue weighted by Crippen LogP contribution is 2.37. The molecule has 0 atom stereocenters. The van der Waals surface area contributed by atoms with Crippen molar-refractivity contribution in [3.63, 3.8) is 0 Å². The second-order valence-electron chi connectivity index (χ2n) is 12.0. The van der Waals surface area contributed by atoms with Gasteiger partial charge in [-0.25, -0.2) is 29.9 Å². The summed E-state index contributed by atoms with van der Waals surface area (Å²) in [5.41, 5.74) is 5.74. The first-order chi connectivity index (χ1) is 19.0. The minimum absolute atomic E-state index is 0.0820. The highest BCUT2D eigenvalue weighted by Gasteiger charge is 2.25. The first-order valence-electron chi connectivity index (χ1n) is 13.2. The van der Waals surface area contributed by atoms with Gasteiger partial charge >= 0.3 is 0 Å². The number of nitrogens with zero attached hydrogens (tertiary/aromatic N) is 8. The lowest BCUT2D eigenvalue weighted by Gasteiger charge is -2.22. The molecule has 9 nitrogen and oxygen atoms in total. The number of rotatable bonds is 4. The minimum atomic E-state index is -0.234. The van der Waals surface area contributed by atoms with Crippen LogP contribution in [0.25, 0.3) is 44.7 Å². The van der Waals surface area contributed by atoms with Gasteiger partial charge in [0.2, 0.25) is 0 Å². The summed E-state index contributed by atoms with van der Waals surface area (Å²) in [4.78, 5) is 28.1. The van der Waals surface area contributed by atoms with Gasteiger partial charge in [-0.05, 0) is 30.3 Å². The molecule has 0 saturated heterocycles. The van der Waals surface area contributed by atoms with Crippen LogP contribution in [0.3, 0.4) is 0 Å². The Morgan fingerprint density at radius 3 is 2.25 bits per heavy atom. The maximum atomic E-state index is 5.74. The van der Waals surface area contributed by atoms with Crippen LogP contribution in [0.5, 0.6) is 5.75 Å². The summed E-state index contributed by atoms with van der Waals surface area (Å²) in [7, 11) is 1.66. The molecule has 4 heterocycles. The SMILES string of the molecule is COc1ccc2c(C(C)(C)C)nc(-c3cn(-c4ccc5c(C(C)(C)C)ncnc5c4)cn3)nc2c1-n1ccnc1. The van der Waals surface area contributed by atoms with E-state index in [-0.39, 0.29) is 10.8 Å². The molecular formula is C31H32N8O. The van der Waals surface area contributed by atoms with E-state index in [1.165, 1.54) is 0 Å². The Hall–Kier alpha value is -4.66. The molecule has 0 N–H and O–H groups in total. The summed E-state index contributed by atoms with van der Waals surface area (Å²) < 4.78 is 9.63. The number of hydrogen-bond donors (Lipinski definition) is 0. The molecule has 6 aromatic rings. The fourth-order valence-corrected chi connectivity index (χ4v) is 5.04. The maximum absolute atomic E-state index is 5.74. The van der Waals surface area contributed by atoms with E-state index in [2.05, 4.69) is 74.7 Å². The minimum Gasteiger partial charge on any atom is -0.494 e. The summed E-state index contributed by atoms with van der Waals surface area (Å²) in [5, 5.41) is 2.01. The number of imidazole rings is 2. The van der Waals surface area contributed by atoms with Crippen LogP contribution in [0.1, 0.15) is 52.9 Å². The average Bonchev–Trinajstić information content (AvgIpc) is 3.63. The third-order valence-corrected chi connectivity index (χ3v) is 6.94. The maximum Gasteiger partial charge on any atom is 0.180 e. The number of aromatic nitrogens is 8. The van der Waals surface area contributed by atoms with E-state index in [0.29, 0.717) is 17.3 Å². The second kappa shape index (κ2) is 9.22. The van der Waals surface area contributed by atoms with Gasteiger partial charge in [0.15, 0.2) is 5.82 Å². The van der Waals surface area contributed by atoms with E-state index in [1.54, 1.807) is 32.3 Å². The van der Waals surface area contributed by atoms with E-state index in [1.807, 2.05) is 33.7 Å². The smallest absolute Gasteiger partial charge is 0.180 e. The Labute approximate surface area is 233 Å². The van der Waals surface area contributed by atoms with Crippen molar-refractivity contribution < 1.29 is 4.74 Å². The van der Waals surface area contributed by atoms with E-state index >= 15 is 0 Å². The van der Waals surface area contributed by atoms with Crippen molar-refractivity contribution in [2.24, 2.45) is 0 Å². The monoisotopic (exact) mass is 532 g/mol. The predicted molar refractivity (Wildman–Crippen MR) is 156 cm³/mol. The Morgan fingerprint density at radius 2 is 1.55 bits per heavy atom. The molecule has 0 spiro atoms. The highest BCUT2D eigenvalue weighted by molar-refractivity contribution is 5.92. The molecule has 0 radical (unpaired) electrons. The number of methoxy groups -OCH3 is 1. The number of benzene rings is 2. The van der Waals surface area contributed by atoms with Gasteiger partial charge in [0.1, 0.15) is 35.3 Å². The standard InChI is InChI=1S/C31H32N8O/c1-30(2,3)27-20-9-8-19(14-22(20)33-16-34-27)39-15-23(35-18-39)29-36-25-21(28(37-29)31(4,5)6)10-11-24(40-7)26(25)38-13-12-32-17-38/h8-18H,1-7H3. The lowest BCUT2D eigenvalue weighted by molar-refractivity contribution is 0.413. The quantitative estimate of drug-likeness (QED) is 0.266. The zero-order chi connectivity index (χ0) is 28.2. The molecule has 0 fully saturated rings. The van der Waals surface area contributed by atoms with E-state index in [9.17, 15) is 0 Å². The summed E-state index contributed by atoms with van der Waals surface area (Å²) in [5.74, 6) is 1.25. The number of ether oxygens (including phenoxy) is 1. The Balaban J connectivity index is 1.51. The van der Waals surface area contributed by atoms with Gasteiger partial charge in [-0.1, -0.05) is 41.5 Å². The second-order valence-corrected chi connectivity index (χ2v) is 12.0. The Morgan fingerprint density at radius 1 is 0.775 bits per heavy atom. The average molecular weight is 533 g/mol. The van der Waals surface area contributed by atoms with Gasteiger partial charge in [-0.15, -0.1) is 0 Å². The van der Waals surface area contributed by atoms with Crippen molar-refractivity contribution in [3.8, 4) is 28.6 Å². The van der Waals surface area contributed by atoms with E-state index in [0.717, 1.165) is 44.6 Å². The summed E-state index contributed by atoms with van der Waals surface area (Å²) in [6, 6.07) is 10.2. The molecule has 0 aliphatic heterocycles. The van der Waals surface area contributed by atoms with Crippen molar-refractivity contribution in [3.05, 3.63) is 79.3 Å². The van der Waals surface area contributed by atoms with Gasteiger partial charge in [0, 0.05) is 45.9 Å². The largest absolute Gasteiger partial charge is 0.494 e. The van der Waals surface area contributed by atoms with Crippen LogP contribution in [0, 0.1) is 0 Å². The normalized spacial score (nSPS) is 12.4. The van der Waals surface area contributed by atoms with Crippen LogP contribution in [-0.2, 0) is 10.8 Å². The highest BCUT2D eigenvalue weighted by atomic mass is 16.5. The molecule has 2 aromatic carbocycles. The van der Waals surface area contributed by atoms with Crippen LogP contribution >= 0.6 is 0 Å². The van der Waals surface area contributed by atoms with Crippen LogP contribution in [-0.4, -0.2) is 46.1 Å². The van der Waals surface area contributed by atoms with Crippen LogP contribution in [0.2, 0.25) is 0 Å². The number of hydrogen-bond acceptors (Lipinski definition) is 7. The lowest BCUT2D eigenvalue weighted by atomic mass is 9.88. The third-order valence-electron chi connectivity index (χ3n) is 6.94. The molecule has 40 heavy (non-hydrogen) atoms. The van der Waals surface area contributed by atoms with Gasteiger partial charge in [0.25, 0.3) is 0 Å². The van der Waals surface area contributed by atoms with Gasteiger partial charge < -0.3 is 13.9 Å². The predicted octanol–water partition coefficient (Wildman–Crippen LogP) is 6.22. The number of fused-ring (bicyclic) bond motifs is 2. The Kier molecular flexibility index (Phi) is 5.90. The topological polar surface area (TPSA) is 96.4 Å². The molecule has 0 amide bonds. The van der Waals surface area contributed by atoms with Gasteiger partial charge in [-0.3, -0.25) is 0 Å². The zero-order valence-corrected chi connectivity index (χ0v) is 23.8.